The summed E-state index contributed by atoms with van der Waals surface area (Å²) < 4.78 is 17.6. The molecule has 2 heterocycles. The van der Waals surface area contributed by atoms with E-state index in [9.17, 15) is 4.79 Å². The SMILES string of the molecule is CC(C)Oc1cc(C(=O)NCC(c2ccco2)N(C)C)cc2oc(Br)cc12. The number of nitrogens with one attached hydrogen (secondary N) is 1. The van der Waals surface area contributed by atoms with Gasteiger partial charge < -0.3 is 18.9 Å². The Morgan fingerprint density at radius 3 is 2.70 bits per heavy atom. The van der Waals surface area contributed by atoms with E-state index < -0.39 is 0 Å². The molecule has 1 unspecified atom stereocenters. The van der Waals surface area contributed by atoms with Crippen LogP contribution in [0.3, 0.4) is 0 Å². The zero-order valence-corrected chi connectivity index (χ0v) is 17.4. The molecule has 2 aromatic heterocycles. The molecular formula is C20H23BrN2O4. The van der Waals surface area contributed by atoms with Gasteiger partial charge in [0.05, 0.1) is 23.8 Å². The van der Waals surface area contributed by atoms with Crippen molar-refractivity contribution in [2.75, 3.05) is 20.6 Å². The molecule has 0 saturated heterocycles. The highest BCUT2D eigenvalue weighted by Crippen LogP contribution is 2.33. The van der Waals surface area contributed by atoms with Gasteiger partial charge in [-0.2, -0.15) is 0 Å². The van der Waals surface area contributed by atoms with E-state index in [1.165, 1.54) is 0 Å². The van der Waals surface area contributed by atoms with Gasteiger partial charge in [0.25, 0.3) is 5.91 Å². The van der Waals surface area contributed by atoms with E-state index in [0.717, 1.165) is 11.1 Å². The van der Waals surface area contributed by atoms with Crippen molar-refractivity contribution in [3.63, 3.8) is 0 Å². The molecule has 1 N–H and O–H groups in total. The number of likely N-dealkylation sites (N-methyl/N-ethyl adjacent to an activating group) is 1. The second kappa shape index (κ2) is 8.19. The van der Waals surface area contributed by atoms with Crippen molar-refractivity contribution >= 4 is 32.8 Å². The molecular weight excluding hydrogens is 412 g/mol. The molecule has 0 aliphatic heterocycles. The molecule has 0 spiro atoms. The first kappa shape index (κ1) is 19.5. The van der Waals surface area contributed by atoms with E-state index in [1.54, 1.807) is 18.4 Å². The number of fused-ring (bicyclic) bond motifs is 1. The number of carbonyl (C=O) groups excluding carboxylic acids is 1. The van der Waals surface area contributed by atoms with Gasteiger partial charge in [-0.25, -0.2) is 0 Å². The van der Waals surface area contributed by atoms with Crippen molar-refractivity contribution in [3.05, 3.63) is 52.6 Å². The zero-order valence-electron chi connectivity index (χ0n) is 15.8. The first-order chi connectivity index (χ1) is 12.8. The molecule has 0 aliphatic carbocycles. The number of nitrogens with zero attached hydrogens (tertiary/aromatic N) is 1. The molecule has 7 heteroatoms. The smallest absolute Gasteiger partial charge is 0.251 e. The van der Waals surface area contributed by atoms with Gasteiger partial charge in [-0.1, -0.05) is 0 Å². The topological polar surface area (TPSA) is 67.8 Å². The third kappa shape index (κ3) is 4.54. The maximum Gasteiger partial charge on any atom is 0.251 e. The van der Waals surface area contributed by atoms with E-state index in [1.807, 2.05) is 51.0 Å². The van der Waals surface area contributed by atoms with Crippen molar-refractivity contribution < 1.29 is 18.4 Å². The molecule has 144 valence electrons. The lowest BCUT2D eigenvalue weighted by Crippen LogP contribution is -2.34. The van der Waals surface area contributed by atoms with Crippen LogP contribution < -0.4 is 10.1 Å². The fraction of sp³-hybridized carbons (Fsp3) is 0.350. The highest BCUT2D eigenvalue weighted by Gasteiger charge is 2.20. The minimum atomic E-state index is -0.198. The lowest BCUT2D eigenvalue weighted by molar-refractivity contribution is 0.0938. The Labute approximate surface area is 166 Å². The second-order valence-corrected chi connectivity index (χ2v) is 7.59. The minimum Gasteiger partial charge on any atom is -0.490 e. The van der Waals surface area contributed by atoms with Crippen LogP contribution in [0.15, 0.2) is 50.1 Å². The van der Waals surface area contributed by atoms with Crippen LogP contribution in [0.2, 0.25) is 0 Å². The van der Waals surface area contributed by atoms with Crippen LogP contribution in [-0.2, 0) is 0 Å². The molecule has 1 aromatic carbocycles. The summed E-state index contributed by atoms with van der Waals surface area (Å²) in [6.07, 6.45) is 1.61. The normalized spacial score (nSPS) is 12.7. The van der Waals surface area contributed by atoms with Crippen molar-refractivity contribution in [3.8, 4) is 5.75 Å². The number of halogens is 1. The van der Waals surface area contributed by atoms with Crippen LogP contribution in [0.4, 0.5) is 0 Å². The van der Waals surface area contributed by atoms with Gasteiger partial charge in [-0.05, 0) is 68.1 Å². The molecule has 0 bridgehead atoms. The van der Waals surface area contributed by atoms with E-state index in [2.05, 4.69) is 21.2 Å². The average Bonchev–Trinajstić information content (AvgIpc) is 3.23. The Balaban J connectivity index is 1.82. The largest absolute Gasteiger partial charge is 0.490 e. The molecule has 3 aromatic rings. The van der Waals surface area contributed by atoms with E-state index in [4.69, 9.17) is 13.6 Å². The fourth-order valence-corrected chi connectivity index (χ4v) is 3.27. The summed E-state index contributed by atoms with van der Waals surface area (Å²) in [4.78, 5) is 14.8. The number of rotatable bonds is 7. The summed E-state index contributed by atoms with van der Waals surface area (Å²) in [5.74, 6) is 1.23. The summed E-state index contributed by atoms with van der Waals surface area (Å²) in [5, 5.41) is 3.80. The quantitative estimate of drug-likeness (QED) is 0.587. The van der Waals surface area contributed by atoms with E-state index in [-0.39, 0.29) is 18.1 Å². The second-order valence-electron chi connectivity index (χ2n) is 6.81. The fourth-order valence-electron chi connectivity index (χ4n) is 2.87. The van der Waals surface area contributed by atoms with E-state index in [0.29, 0.717) is 28.1 Å². The van der Waals surface area contributed by atoms with Gasteiger partial charge in [0, 0.05) is 18.2 Å². The molecule has 0 aliphatic rings. The standard InChI is InChI=1S/C20H23BrN2O4/c1-12(2)26-17-8-13(9-18-14(17)10-19(21)27-18)20(24)22-11-15(23(3)4)16-6-5-7-25-16/h5-10,12,15H,11H2,1-4H3,(H,22,24). The summed E-state index contributed by atoms with van der Waals surface area (Å²) in [5.41, 5.74) is 1.08. The Morgan fingerprint density at radius 1 is 1.30 bits per heavy atom. The van der Waals surface area contributed by atoms with Crippen molar-refractivity contribution in [1.82, 2.24) is 10.2 Å². The summed E-state index contributed by atoms with van der Waals surface area (Å²) >= 11 is 3.34. The lowest BCUT2D eigenvalue weighted by Gasteiger charge is -2.22. The van der Waals surface area contributed by atoms with Crippen LogP contribution in [-0.4, -0.2) is 37.6 Å². The highest BCUT2D eigenvalue weighted by molar-refractivity contribution is 9.10. The lowest BCUT2D eigenvalue weighted by atomic mass is 10.1. The third-order valence-electron chi connectivity index (χ3n) is 4.15. The summed E-state index contributed by atoms with van der Waals surface area (Å²) in [7, 11) is 3.89. The molecule has 0 radical (unpaired) electrons. The maximum atomic E-state index is 12.8. The first-order valence-electron chi connectivity index (χ1n) is 8.73. The van der Waals surface area contributed by atoms with Crippen molar-refractivity contribution in [2.24, 2.45) is 0 Å². The van der Waals surface area contributed by atoms with Crippen LogP contribution >= 0.6 is 15.9 Å². The third-order valence-corrected chi connectivity index (χ3v) is 4.54. The zero-order chi connectivity index (χ0) is 19.6. The number of amides is 1. The minimum absolute atomic E-state index is 0.0164. The van der Waals surface area contributed by atoms with Gasteiger partial charge >= 0.3 is 0 Å². The molecule has 27 heavy (non-hydrogen) atoms. The monoisotopic (exact) mass is 434 g/mol. The molecule has 1 amide bonds. The summed E-state index contributed by atoms with van der Waals surface area (Å²) in [6.45, 7) is 4.30. The Morgan fingerprint density at radius 2 is 2.07 bits per heavy atom. The number of benzene rings is 1. The Bertz CT molecular complexity index is 916. The highest BCUT2D eigenvalue weighted by atomic mass is 79.9. The molecule has 1 atom stereocenters. The van der Waals surface area contributed by atoms with Gasteiger partial charge in [-0.3, -0.25) is 9.69 Å². The molecule has 0 saturated carbocycles. The van der Waals surface area contributed by atoms with Gasteiger partial charge in [-0.15, -0.1) is 0 Å². The Hall–Kier alpha value is -2.25. The predicted molar refractivity (Wildman–Crippen MR) is 107 cm³/mol. The number of carbonyl (C=O) groups is 1. The van der Waals surface area contributed by atoms with Crippen LogP contribution in [0.1, 0.15) is 36.0 Å². The van der Waals surface area contributed by atoms with Gasteiger partial charge in [0.2, 0.25) is 0 Å². The average molecular weight is 435 g/mol. The number of ether oxygens (including phenoxy) is 1. The Kier molecular flexibility index (Phi) is 5.92. The molecule has 0 fully saturated rings. The van der Waals surface area contributed by atoms with Crippen LogP contribution in [0, 0.1) is 0 Å². The first-order valence-corrected chi connectivity index (χ1v) is 9.52. The number of hydrogen-bond donors (Lipinski definition) is 1. The van der Waals surface area contributed by atoms with Gasteiger partial charge in [0.1, 0.15) is 17.1 Å². The van der Waals surface area contributed by atoms with Crippen molar-refractivity contribution in [2.45, 2.75) is 26.0 Å². The number of hydrogen-bond acceptors (Lipinski definition) is 5. The molecule has 3 rings (SSSR count). The van der Waals surface area contributed by atoms with Crippen LogP contribution in [0.5, 0.6) is 5.75 Å². The predicted octanol–water partition coefficient (Wildman–Crippen LogP) is 4.61. The maximum absolute atomic E-state index is 12.8. The van der Waals surface area contributed by atoms with Gasteiger partial charge in [0.15, 0.2) is 4.67 Å². The number of furan rings is 2. The summed E-state index contributed by atoms with van der Waals surface area (Å²) in [6, 6.07) is 8.99. The van der Waals surface area contributed by atoms with Crippen molar-refractivity contribution in [1.29, 1.82) is 0 Å². The van der Waals surface area contributed by atoms with Crippen LogP contribution in [0.25, 0.3) is 11.0 Å². The van der Waals surface area contributed by atoms with E-state index >= 15 is 0 Å². The molecule has 6 nitrogen and oxygen atoms in total.